The Morgan fingerprint density at radius 3 is 2.23 bits per heavy atom. The first-order valence-electron chi connectivity index (χ1n) is 9.98. The molecule has 1 saturated heterocycles. The Morgan fingerprint density at radius 1 is 0.867 bits per heavy atom. The van der Waals surface area contributed by atoms with Crippen LogP contribution in [0.25, 0.3) is 11.3 Å². The number of benzene rings is 2. The zero-order chi connectivity index (χ0) is 21.1. The molecule has 152 valence electrons. The highest BCUT2D eigenvalue weighted by Crippen LogP contribution is 2.19. The van der Waals surface area contributed by atoms with Crippen molar-refractivity contribution in [3.05, 3.63) is 84.1 Å². The first kappa shape index (κ1) is 19.6. The molecular weight excluding hydrogens is 378 g/mol. The van der Waals surface area contributed by atoms with Crippen molar-refractivity contribution in [1.29, 1.82) is 0 Å². The van der Waals surface area contributed by atoms with E-state index in [4.69, 9.17) is 0 Å². The summed E-state index contributed by atoms with van der Waals surface area (Å²) in [6, 6.07) is 19.7. The number of H-pyrrole nitrogens is 1. The lowest BCUT2D eigenvalue weighted by Gasteiger charge is -2.39. The molecule has 6 nitrogen and oxygen atoms in total. The summed E-state index contributed by atoms with van der Waals surface area (Å²) in [5, 5.41) is 0. The van der Waals surface area contributed by atoms with Crippen LogP contribution in [0, 0.1) is 0 Å². The molecule has 30 heavy (non-hydrogen) atoms. The summed E-state index contributed by atoms with van der Waals surface area (Å²) < 4.78 is 0. The lowest BCUT2D eigenvalue weighted by Crippen LogP contribution is -2.56. The number of carbonyl (C=O) groups is 3. The van der Waals surface area contributed by atoms with Crippen LogP contribution in [0.4, 0.5) is 0 Å². The van der Waals surface area contributed by atoms with Crippen LogP contribution in [0.2, 0.25) is 0 Å². The minimum Gasteiger partial charge on any atom is -0.361 e. The number of rotatable bonds is 4. The number of nitrogens with one attached hydrogen (secondary N) is 1. The second-order valence-electron chi connectivity index (χ2n) is 7.46. The molecule has 1 N–H and O–H groups in total. The molecule has 1 atom stereocenters. The summed E-state index contributed by atoms with van der Waals surface area (Å²) >= 11 is 0. The van der Waals surface area contributed by atoms with E-state index in [-0.39, 0.29) is 11.9 Å². The van der Waals surface area contributed by atoms with E-state index < -0.39 is 11.7 Å². The average Bonchev–Trinajstić information content (AvgIpc) is 3.33. The molecule has 0 bridgehead atoms. The molecule has 1 aliphatic heterocycles. The fraction of sp³-hybridized carbons (Fsp3) is 0.208. The van der Waals surface area contributed by atoms with Gasteiger partial charge in [0, 0.05) is 48.7 Å². The number of ketones is 1. The lowest BCUT2D eigenvalue weighted by atomic mass is 10.0. The summed E-state index contributed by atoms with van der Waals surface area (Å²) in [6.45, 7) is 3.01. The van der Waals surface area contributed by atoms with E-state index >= 15 is 0 Å². The van der Waals surface area contributed by atoms with Gasteiger partial charge in [-0.25, -0.2) is 0 Å². The smallest absolute Gasteiger partial charge is 0.295 e. The first-order chi connectivity index (χ1) is 14.5. The largest absolute Gasteiger partial charge is 0.361 e. The standard InChI is InChI=1S/C24H23N3O3/c1-17-16-26(23(29)20-6-3-2-4-7-20)14-15-27(17)24(30)22(28)19-11-9-18(10-12-19)21-8-5-13-25-21/h2-13,17,25H,14-16H2,1H3/t17-/m1/s1. The van der Waals surface area contributed by atoms with Crippen molar-refractivity contribution >= 4 is 17.6 Å². The summed E-state index contributed by atoms with van der Waals surface area (Å²) in [4.78, 5) is 44.7. The van der Waals surface area contributed by atoms with Gasteiger partial charge in [-0.2, -0.15) is 0 Å². The maximum absolute atomic E-state index is 12.8. The van der Waals surface area contributed by atoms with Crippen LogP contribution in [0.5, 0.6) is 0 Å². The number of hydrogen-bond acceptors (Lipinski definition) is 3. The van der Waals surface area contributed by atoms with Crippen LogP contribution < -0.4 is 0 Å². The second kappa shape index (κ2) is 8.37. The van der Waals surface area contributed by atoms with Crippen LogP contribution in [-0.2, 0) is 4.79 Å². The average molecular weight is 401 g/mol. The molecule has 4 rings (SSSR count). The molecule has 0 saturated carbocycles. The van der Waals surface area contributed by atoms with Crippen LogP contribution in [0.1, 0.15) is 27.6 Å². The maximum atomic E-state index is 12.8. The van der Waals surface area contributed by atoms with Gasteiger partial charge in [-0.3, -0.25) is 14.4 Å². The lowest BCUT2D eigenvalue weighted by molar-refractivity contribution is -0.130. The Kier molecular flexibility index (Phi) is 5.48. The van der Waals surface area contributed by atoms with Gasteiger partial charge >= 0.3 is 0 Å². The molecule has 1 aromatic heterocycles. The van der Waals surface area contributed by atoms with Crippen molar-refractivity contribution in [2.24, 2.45) is 0 Å². The summed E-state index contributed by atoms with van der Waals surface area (Å²) in [7, 11) is 0. The Labute approximate surface area is 175 Å². The Hall–Kier alpha value is -3.67. The van der Waals surface area contributed by atoms with Gasteiger partial charge in [0.25, 0.3) is 11.8 Å². The van der Waals surface area contributed by atoms with Gasteiger partial charge in [0.15, 0.2) is 0 Å². The normalized spacial score (nSPS) is 16.4. The quantitative estimate of drug-likeness (QED) is 0.539. The number of hydrogen-bond donors (Lipinski definition) is 1. The van der Waals surface area contributed by atoms with Gasteiger partial charge in [-0.15, -0.1) is 0 Å². The zero-order valence-corrected chi connectivity index (χ0v) is 16.7. The fourth-order valence-electron chi connectivity index (χ4n) is 3.77. The highest BCUT2D eigenvalue weighted by molar-refractivity contribution is 6.42. The van der Waals surface area contributed by atoms with E-state index in [2.05, 4.69) is 4.98 Å². The number of carbonyl (C=O) groups excluding carboxylic acids is 3. The van der Waals surface area contributed by atoms with Crippen molar-refractivity contribution in [2.75, 3.05) is 19.6 Å². The molecule has 0 spiro atoms. The molecule has 0 radical (unpaired) electrons. The van der Waals surface area contributed by atoms with Crippen LogP contribution in [0.15, 0.2) is 72.9 Å². The van der Waals surface area contributed by atoms with Crippen molar-refractivity contribution in [3.63, 3.8) is 0 Å². The molecule has 0 aliphatic carbocycles. The Morgan fingerprint density at radius 2 is 1.60 bits per heavy atom. The molecular formula is C24H23N3O3. The predicted molar refractivity (Wildman–Crippen MR) is 114 cm³/mol. The van der Waals surface area contributed by atoms with Crippen molar-refractivity contribution < 1.29 is 14.4 Å². The third-order valence-corrected chi connectivity index (χ3v) is 5.45. The van der Waals surface area contributed by atoms with Crippen LogP contribution >= 0.6 is 0 Å². The third-order valence-electron chi connectivity index (χ3n) is 5.45. The van der Waals surface area contributed by atoms with Crippen molar-refractivity contribution in [1.82, 2.24) is 14.8 Å². The molecule has 6 heteroatoms. The minimum absolute atomic E-state index is 0.0548. The molecule has 2 heterocycles. The molecule has 1 aliphatic rings. The van der Waals surface area contributed by atoms with E-state index in [1.165, 1.54) is 0 Å². The molecule has 0 unspecified atom stereocenters. The number of amides is 2. The number of piperazine rings is 1. The topological polar surface area (TPSA) is 73.5 Å². The fourth-order valence-corrected chi connectivity index (χ4v) is 3.77. The summed E-state index contributed by atoms with van der Waals surface area (Å²) in [6.07, 6.45) is 1.83. The van der Waals surface area contributed by atoms with Gasteiger partial charge in [-0.05, 0) is 36.8 Å². The monoisotopic (exact) mass is 401 g/mol. The number of nitrogens with zero attached hydrogens (tertiary/aromatic N) is 2. The number of aromatic nitrogens is 1. The summed E-state index contributed by atoms with van der Waals surface area (Å²) in [5.74, 6) is -1.11. The van der Waals surface area contributed by atoms with E-state index in [9.17, 15) is 14.4 Å². The van der Waals surface area contributed by atoms with Gasteiger partial charge in [0.1, 0.15) is 0 Å². The second-order valence-corrected chi connectivity index (χ2v) is 7.46. The molecule has 1 fully saturated rings. The van der Waals surface area contributed by atoms with E-state index in [1.807, 2.05) is 55.6 Å². The minimum atomic E-state index is -0.526. The highest BCUT2D eigenvalue weighted by Gasteiger charge is 2.33. The van der Waals surface area contributed by atoms with Gasteiger partial charge in [0.2, 0.25) is 5.78 Å². The van der Waals surface area contributed by atoms with Crippen LogP contribution in [0.3, 0.4) is 0 Å². The predicted octanol–water partition coefficient (Wildman–Crippen LogP) is 3.24. The van der Waals surface area contributed by atoms with E-state index in [0.29, 0.717) is 30.8 Å². The first-order valence-corrected chi connectivity index (χ1v) is 9.98. The number of aromatic amines is 1. The molecule has 2 aromatic carbocycles. The van der Waals surface area contributed by atoms with Gasteiger partial charge < -0.3 is 14.8 Å². The van der Waals surface area contributed by atoms with Crippen LogP contribution in [-0.4, -0.2) is 58.1 Å². The SMILES string of the molecule is C[C@@H]1CN(C(=O)c2ccccc2)CCN1C(=O)C(=O)c1ccc(-c2ccc[nH]2)cc1. The molecule has 3 aromatic rings. The van der Waals surface area contributed by atoms with Gasteiger partial charge in [-0.1, -0.05) is 42.5 Å². The Balaban J connectivity index is 1.41. The maximum Gasteiger partial charge on any atom is 0.295 e. The number of Topliss-reactive ketones (excluding diaryl/α,β-unsaturated/α-hetero) is 1. The van der Waals surface area contributed by atoms with E-state index in [1.54, 1.807) is 34.1 Å². The van der Waals surface area contributed by atoms with E-state index in [0.717, 1.165) is 11.3 Å². The van der Waals surface area contributed by atoms with Crippen molar-refractivity contribution in [3.8, 4) is 11.3 Å². The summed E-state index contributed by atoms with van der Waals surface area (Å²) in [5.41, 5.74) is 2.89. The molecule has 2 amide bonds. The Bertz CT molecular complexity index is 1040. The zero-order valence-electron chi connectivity index (χ0n) is 16.7. The highest BCUT2D eigenvalue weighted by atomic mass is 16.2. The third kappa shape index (κ3) is 3.89. The van der Waals surface area contributed by atoms with Gasteiger partial charge in [0.05, 0.1) is 0 Å². The van der Waals surface area contributed by atoms with Crippen molar-refractivity contribution in [2.45, 2.75) is 13.0 Å².